The summed E-state index contributed by atoms with van der Waals surface area (Å²) in [6.45, 7) is 0.797. The van der Waals surface area contributed by atoms with Crippen LogP contribution in [0, 0.1) is 0 Å². The number of aromatic nitrogens is 2. The van der Waals surface area contributed by atoms with Gasteiger partial charge in [0.05, 0.1) is 12.3 Å². The number of nitrogens with zero attached hydrogens (tertiary/aromatic N) is 2. The lowest BCUT2D eigenvalue weighted by molar-refractivity contribution is 0.215. The summed E-state index contributed by atoms with van der Waals surface area (Å²) in [5.41, 5.74) is 1.13. The highest BCUT2D eigenvalue weighted by atomic mass is 16.5. The Balaban J connectivity index is 2.25. The lowest BCUT2D eigenvalue weighted by Crippen LogP contribution is -2.21. The predicted octanol–water partition coefficient (Wildman–Crippen LogP) is 0.985. The van der Waals surface area contributed by atoms with Crippen molar-refractivity contribution in [1.29, 1.82) is 0 Å². The molecule has 2 heterocycles. The van der Waals surface area contributed by atoms with Crippen LogP contribution in [-0.4, -0.2) is 23.4 Å². The van der Waals surface area contributed by atoms with Gasteiger partial charge < -0.3 is 10.1 Å². The van der Waals surface area contributed by atoms with Crippen LogP contribution < -0.4 is 5.32 Å². The van der Waals surface area contributed by atoms with Crippen molar-refractivity contribution in [1.82, 2.24) is 15.1 Å². The zero-order chi connectivity index (χ0) is 9.97. The van der Waals surface area contributed by atoms with Crippen molar-refractivity contribution in [2.24, 2.45) is 7.05 Å². The number of ether oxygens (including phenoxy) is 1. The van der Waals surface area contributed by atoms with E-state index in [1.54, 1.807) is 6.20 Å². The first-order valence-electron chi connectivity index (χ1n) is 4.81. The van der Waals surface area contributed by atoms with E-state index in [4.69, 9.17) is 4.74 Å². The summed E-state index contributed by atoms with van der Waals surface area (Å²) >= 11 is 0. The topological polar surface area (TPSA) is 39.1 Å². The second-order valence-electron chi connectivity index (χ2n) is 3.34. The van der Waals surface area contributed by atoms with Crippen LogP contribution >= 0.6 is 0 Å². The molecule has 0 aromatic carbocycles. The number of hydrogen-bond acceptors (Lipinski definition) is 3. The molecule has 2 rings (SSSR count). The normalized spacial score (nSPS) is 17.7. The Hall–Kier alpha value is -1.29. The van der Waals surface area contributed by atoms with Crippen molar-refractivity contribution in [2.45, 2.75) is 12.5 Å². The third-order valence-electron chi connectivity index (χ3n) is 2.46. The molecule has 1 aromatic rings. The van der Waals surface area contributed by atoms with Gasteiger partial charge in [0.1, 0.15) is 11.8 Å². The molecule has 1 unspecified atom stereocenters. The minimum atomic E-state index is 0.130. The van der Waals surface area contributed by atoms with Gasteiger partial charge in [0, 0.05) is 19.7 Å². The average Bonchev–Trinajstić information content (AvgIpc) is 2.80. The molecule has 1 aromatic heterocycles. The summed E-state index contributed by atoms with van der Waals surface area (Å²) in [5.74, 6) is 1.01. The fourth-order valence-corrected chi connectivity index (χ4v) is 1.74. The van der Waals surface area contributed by atoms with Gasteiger partial charge in [-0.15, -0.1) is 0 Å². The molecule has 0 fully saturated rings. The molecular formula is C10H15N3O. The molecule has 0 amide bonds. The molecule has 0 aliphatic carbocycles. The van der Waals surface area contributed by atoms with Gasteiger partial charge in [0.2, 0.25) is 0 Å². The second-order valence-corrected chi connectivity index (χ2v) is 3.34. The van der Waals surface area contributed by atoms with E-state index in [-0.39, 0.29) is 6.04 Å². The maximum absolute atomic E-state index is 5.54. The van der Waals surface area contributed by atoms with Gasteiger partial charge >= 0.3 is 0 Å². The smallest absolute Gasteiger partial charge is 0.115 e. The van der Waals surface area contributed by atoms with Gasteiger partial charge in [-0.3, -0.25) is 4.68 Å². The number of hydrogen-bond donors (Lipinski definition) is 1. The van der Waals surface area contributed by atoms with Crippen molar-refractivity contribution in [2.75, 3.05) is 13.7 Å². The van der Waals surface area contributed by atoms with E-state index in [1.807, 2.05) is 24.8 Å². The highest BCUT2D eigenvalue weighted by Crippen LogP contribution is 2.25. The Bertz CT molecular complexity index is 343. The van der Waals surface area contributed by atoms with Crippen molar-refractivity contribution < 1.29 is 4.74 Å². The number of rotatable bonds is 3. The summed E-state index contributed by atoms with van der Waals surface area (Å²) in [4.78, 5) is 0. The van der Waals surface area contributed by atoms with Crippen LogP contribution in [0.25, 0.3) is 0 Å². The van der Waals surface area contributed by atoms with E-state index < -0.39 is 0 Å². The van der Waals surface area contributed by atoms with Crippen LogP contribution in [0.4, 0.5) is 0 Å². The molecule has 1 atom stereocenters. The largest absolute Gasteiger partial charge is 0.496 e. The van der Waals surface area contributed by atoms with Gasteiger partial charge in [-0.1, -0.05) is 0 Å². The molecule has 76 valence electrons. The minimum Gasteiger partial charge on any atom is -0.496 e. The van der Waals surface area contributed by atoms with Crippen molar-refractivity contribution >= 4 is 0 Å². The van der Waals surface area contributed by atoms with E-state index in [9.17, 15) is 0 Å². The molecule has 1 aliphatic rings. The number of nitrogens with one attached hydrogen (secondary N) is 1. The van der Waals surface area contributed by atoms with Gasteiger partial charge in [-0.2, -0.15) is 5.10 Å². The van der Waals surface area contributed by atoms with Crippen LogP contribution in [0.2, 0.25) is 0 Å². The van der Waals surface area contributed by atoms with E-state index in [1.165, 1.54) is 0 Å². The van der Waals surface area contributed by atoms with Gasteiger partial charge in [0.25, 0.3) is 0 Å². The average molecular weight is 193 g/mol. The highest BCUT2D eigenvalue weighted by Gasteiger charge is 2.21. The molecule has 0 saturated carbocycles. The fourth-order valence-electron chi connectivity index (χ4n) is 1.74. The lowest BCUT2D eigenvalue weighted by atomic mass is 10.1. The summed E-state index contributed by atoms with van der Waals surface area (Å²) in [6.07, 6.45) is 4.94. The summed E-state index contributed by atoms with van der Waals surface area (Å²) in [5, 5.41) is 7.38. The van der Waals surface area contributed by atoms with Crippen LogP contribution in [-0.2, 0) is 11.8 Å². The van der Waals surface area contributed by atoms with Crippen LogP contribution in [0.15, 0.2) is 24.1 Å². The van der Waals surface area contributed by atoms with Crippen LogP contribution in [0.1, 0.15) is 18.2 Å². The maximum atomic E-state index is 5.54. The SMILES string of the molecule is CNC(C1=CCCO1)c1ccnn1C. The molecule has 0 saturated heterocycles. The Morgan fingerprint density at radius 2 is 2.50 bits per heavy atom. The molecule has 4 nitrogen and oxygen atoms in total. The fraction of sp³-hybridized carbons (Fsp3) is 0.500. The first-order valence-corrected chi connectivity index (χ1v) is 4.81. The van der Waals surface area contributed by atoms with E-state index in [0.29, 0.717) is 0 Å². The number of aryl methyl sites for hydroxylation is 1. The maximum Gasteiger partial charge on any atom is 0.115 e. The Labute approximate surface area is 83.6 Å². The number of likely N-dealkylation sites (N-methyl/N-ethyl adjacent to an activating group) is 1. The molecule has 0 spiro atoms. The quantitative estimate of drug-likeness (QED) is 0.778. The lowest BCUT2D eigenvalue weighted by Gasteiger charge is -2.17. The van der Waals surface area contributed by atoms with Crippen molar-refractivity contribution in [3.05, 3.63) is 29.8 Å². The predicted molar refractivity (Wildman–Crippen MR) is 53.7 cm³/mol. The van der Waals surface area contributed by atoms with E-state index in [0.717, 1.165) is 24.5 Å². The first kappa shape index (κ1) is 9.27. The van der Waals surface area contributed by atoms with Crippen LogP contribution in [0.5, 0.6) is 0 Å². The highest BCUT2D eigenvalue weighted by molar-refractivity contribution is 5.19. The monoisotopic (exact) mass is 193 g/mol. The first-order chi connectivity index (χ1) is 6.83. The molecule has 1 N–H and O–H groups in total. The third-order valence-corrected chi connectivity index (χ3v) is 2.46. The van der Waals surface area contributed by atoms with Crippen molar-refractivity contribution in [3.63, 3.8) is 0 Å². The molecule has 0 radical (unpaired) electrons. The van der Waals surface area contributed by atoms with Gasteiger partial charge in [-0.05, 0) is 19.2 Å². The van der Waals surface area contributed by atoms with E-state index >= 15 is 0 Å². The van der Waals surface area contributed by atoms with E-state index in [2.05, 4.69) is 16.5 Å². The Morgan fingerprint density at radius 1 is 1.64 bits per heavy atom. The van der Waals surface area contributed by atoms with Crippen LogP contribution in [0.3, 0.4) is 0 Å². The van der Waals surface area contributed by atoms with Gasteiger partial charge in [-0.25, -0.2) is 0 Å². The Kier molecular flexibility index (Phi) is 2.54. The Morgan fingerprint density at radius 3 is 3.00 bits per heavy atom. The molecular weight excluding hydrogens is 178 g/mol. The van der Waals surface area contributed by atoms with Gasteiger partial charge in [0.15, 0.2) is 0 Å². The summed E-state index contributed by atoms with van der Waals surface area (Å²) in [6, 6.07) is 2.13. The molecule has 4 heteroatoms. The molecule has 14 heavy (non-hydrogen) atoms. The minimum absolute atomic E-state index is 0.130. The summed E-state index contributed by atoms with van der Waals surface area (Å²) < 4.78 is 7.41. The zero-order valence-electron chi connectivity index (χ0n) is 8.53. The molecule has 0 bridgehead atoms. The van der Waals surface area contributed by atoms with Crippen molar-refractivity contribution in [3.8, 4) is 0 Å². The molecule has 1 aliphatic heterocycles. The third kappa shape index (κ3) is 1.53. The standard InChI is InChI=1S/C10H15N3O/c1-11-10(9-4-3-7-14-9)8-5-6-12-13(8)2/h4-6,10-11H,3,7H2,1-2H3. The zero-order valence-corrected chi connectivity index (χ0v) is 8.53. The summed E-state index contributed by atoms with van der Waals surface area (Å²) in [7, 11) is 3.87. The second kappa shape index (κ2) is 3.84.